The molecule has 0 radical (unpaired) electrons. The fourth-order valence-electron chi connectivity index (χ4n) is 1.08. The number of thiazole rings is 1. The Kier molecular flexibility index (Phi) is 5.07. The molecular weight excluding hydrogens is 296 g/mol. The van der Waals surface area contributed by atoms with Gasteiger partial charge in [0.1, 0.15) is 10.0 Å². The molecule has 0 spiro atoms. The fourth-order valence-corrected chi connectivity index (χ4v) is 2.01. The highest BCUT2D eigenvalue weighted by Crippen LogP contribution is 2.26. The van der Waals surface area contributed by atoms with Crippen LogP contribution in [0.1, 0.15) is 19.0 Å². The summed E-state index contributed by atoms with van der Waals surface area (Å²) in [6, 6.07) is 0. The van der Waals surface area contributed by atoms with Crippen molar-refractivity contribution in [2.45, 2.75) is 19.4 Å². The van der Waals surface area contributed by atoms with Gasteiger partial charge in [0, 0.05) is 0 Å². The van der Waals surface area contributed by atoms with Crippen LogP contribution in [0.25, 0.3) is 0 Å². The molecule has 19 heavy (non-hydrogen) atoms. The monoisotopic (exact) mass is 306 g/mol. The lowest BCUT2D eigenvalue weighted by atomic mass is 10.3. The number of oxime groups is 1. The number of aliphatic carboxylic acids is 1. The molecule has 1 aromatic rings. The normalized spacial score (nSPS) is 13.1. The number of carboxylic acid groups (broad SMARTS) is 1. The van der Waals surface area contributed by atoms with E-state index in [9.17, 15) is 9.59 Å². The van der Waals surface area contributed by atoms with Crippen LogP contribution in [0, 0.1) is 0 Å². The van der Waals surface area contributed by atoms with Crippen molar-refractivity contribution >= 4 is 45.7 Å². The van der Waals surface area contributed by atoms with Gasteiger partial charge in [0.2, 0.25) is 6.10 Å². The molecule has 0 aliphatic rings. The van der Waals surface area contributed by atoms with Gasteiger partial charge in [-0.2, -0.15) is 0 Å². The van der Waals surface area contributed by atoms with Crippen LogP contribution in [-0.4, -0.2) is 33.8 Å². The molecule has 0 saturated carbocycles. The SMILES string of the molecule is CC[C@@H](O/N=C(\C(N)=O)c1nc(N)sc1Cl)C(=O)O. The number of nitrogens with two attached hydrogens (primary N) is 2. The lowest BCUT2D eigenvalue weighted by Crippen LogP contribution is -2.27. The molecule has 1 aromatic heterocycles. The summed E-state index contributed by atoms with van der Waals surface area (Å²) in [7, 11) is 0. The van der Waals surface area contributed by atoms with Crippen molar-refractivity contribution < 1.29 is 19.5 Å². The number of halogens is 1. The third-order valence-corrected chi connectivity index (χ3v) is 3.06. The smallest absolute Gasteiger partial charge is 0.347 e. The number of aromatic nitrogens is 1. The molecule has 0 aliphatic carbocycles. The van der Waals surface area contributed by atoms with Crippen LogP contribution in [0.2, 0.25) is 4.34 Å². The van der Waals surface area contributed by atoms with Crippen molar-refractivity contribution in [3.05, 3.63) is 10.0 Å². The number of carboxylic acids is 1. The second-order valence-corrected chi connectivity index (χ2v) is 4.95. The Labute approximate surface area is 117 Å². The van der Waals surface area contributed by atoms with Gasteiger partial charge in [0.05, 0.1) is 0 Å². The van der Waals surface area contributed by atoms with E-state index in [1.807, 2.05) is 0 Å². The van der Waals surface area contributed by atoms with Gasteiger partial charge < -0.3 is 21.4 Å². The number of primary amides is 1. The molecule has 0 unspecified atom stereocenters. The maximum atomic E-state index is 11.3. The number of nitrogen functional groups attached to an aromatic ring is 1. The van der Waals surface area contributed by atoms with Gasteiger partial charge in [-0.15, -0.1) is 0 Å². The molecule has 1 rings (SSSR count). The molecule has 104 valence electrons. The van der Waals surface area contributed by atoms with Crippen LogP contribution in [0.15, 0.2) is 5.16 Å². The number of carbonyl (C=O) groups is 2. The molecule has 0 bridgehead atoms. The molecule has 10 heteroatoms. The van der Waals surface area contributed by atoms with E-state index < -0.39 is 18.0 Å². The summed E-state index contributed by atoms with van der Waals surface area (Å²) in [5, 5.41) is 12.3. The summed E-state index contributed by atoms with van der Waals surface area (Å²) in [5.41, 5.74) is 10.1. The first-order chi connectivity index (χ1) is 8.86. The van der Waals surface area contributed by atoms with Gasteiger partial charge in [0.15, 0.2) is 10.8 Å². The standard InChI is InChI=1S/C9H11ClN4O4S/c1-2-3(8(16)17)18-14-5(7(11)15)4-6(10)19-9(12)13-4/h3H,2H2,1H3,(H2,11,15)(H2,12,13)(H,16,17)/b14-5-/t3-/m1/s1. The lowest BCUT2D eigenvalue weighted by Gasteiger charge is -2.08. The highest BCUT2D eigenvalue weighted by atomic mass is 35.5. The zero-order valence-electron chi connectivity index (χ0n) is 9.79. The molecule has 1 heterocycles. The van der Waals surface area contributed by atoms with E-state index in [1.54, 1.807) is 6.92 Å². The minimum absolute atomic E-state index is 0.0306. The lowest BCUT2D eigenvalue weighted by molar-refractivity contribution is -0.150. The van der Waals surface area contributed by atoms with E-state index in [0.717, 1.165) is 11.3 Å². The van der Waals surface area contributed by atoms with Crippen LogP contribution in [0.3, 0.4) is 0 Å². The predicted octanol–water partition coefficient (Wildman–Crippen LogP) is 0.448. The Bertz CT molecular complexity index is 530. The van der Waals surface area contributed by atoms with Crippen LogP contribution in [-0.2, 0) is 14.4 Å². The van der Waals surface area contributed by atoms with Gasteiger partial charge >= 0.3 is 5.97 Å². The molecule has 8 nitrogen and oxygen atoms in total. The van der Waals surface area contributed by atoms with Gasteiger partial charge in [-0.1, -0.05) is 35.0 Å². The van der Waals surface area contributed by atoms with Crippen molar-refractivity contribution in [3.8, 4) is 0 Å². The minimum atomic E-state index is -1.21. The van der Waals surface area contributed by atoms with Crippen molar-refractivity contribution in [3.63, 3.8) is 0 Å². The van der Waals surface area contributed by atoms with Crippen molar-refractivity contribution in [2.75, 3.05) is 5.73 Å². The number of rotatable bonds is 6. The average Bonchev–Trinajstić information content (AvgIpc) is 2.63. The summed E-state index contributed by atoms with van der Waals surface area (Å²) < 4.78 is 0.113. The molecular formula is C9H11ClN4O4S. The highest BCUT2D eigenvalue weighted by Gasteiger charge is 2.22. The molecule has 0 aliphatic heterocycles. The Balaban J connectivity index is 3.05. The van der Waals surface area contributed by atoms with E-state index >= 15 is 0 Å². The van der Waals surface area contributed by atoms with Gasteiger partial charge in [-0.05, 0) is 6.42 Å². The topological polar surface area (TPSA) is 141 Å². The van der Waals surface area contributed by atoms with Gasteiger partial charge in [-0.25, -0.2) is 9.78 Å². The van der Waals surface area contributed by atoms with E-state index in [0.29, 0.717) is 0 Å². The Hall–Kier alpha value is -1.87. The van der Waals surface area contributed by atoms with E-state index in [-0.39, 0.29) is 27.3 Å². The zero-order valence-corrected chi connectivity index (χ0v) is 11.4. The fraction of sp³-hybridized carbons (Fsp3) is 0.333. The van der Waals surface area contributed by atoms with Gasteiger partial charge in [0.25, 0.3) is 5.91 Å². The summed E-state index contributed by atoms with van der Waals surface area (Å²) in [5.74, 6) is -2.16. The summed E-state index contributed by atoms with van der Waals surface area (Å²) in [6.07, 6.45) is -1.03. The Morgan fingerprint density at radius 2 is 2.26 bits per heavy atom. The van der Waals surface area contributed by atoms with E-state index in [1.165, 1.54) is 0 Å². The second kappa shape index (κ2) is 6.34. The number of anilines is 1. The number of hydrogen-bond acceptors (Lipinski definition) is 7. The number of hydrogen-bond donors (Lipinski definition) is 3. The summed E-state index contributed by atoms with van der Waals surface area (Å²) in [4.78, 5) is 30.5. The minimum Gasteiger partial charge on any atom is -0.478 e. The molecule has 1 atom stereocenters. The highest BCUT2D eigenvalue weighted by molar-refractivity contribution is 7.19. The van der Waals surface area contributed by atoms with Crippen LogP contribution in [0.5, 0.6) is 0 Å². The Morgan fingerprint density at radius 3 is 2.63 bits per heavy atom. The van der Waals surface area contributed by atoms with Crippen molar-refractivity contribution in [1.82, 2.24) is 4.98 Å². The summed E-state index contributed by atoms with van der Waals surface area (Å²) in [6.45, 7) is 1.59. The van der Waals surface area contributed by atoms with E-state index in [2.05, 4.69) is 10.1 Å². The van der Waals surface area contributed by atoms with Crippen molar-refractivity contribution in [2.24, 2.45) is 10.9 Å². The quantitative estimate of drug-likeness (QED) is 0.514. The third-order valence-electron chi connectivity index (χ3n) is 1.98. The molecule has 1 amide bonds. The largest absolute Gasteiger partial charge is 0.478 e. The molecule has 0 fully saturated rings. The predicted molar refractivity (Wildman–Crippen MR) is 70.1 cm³/mol. The van der Waals surface area contributed by atoms with Crippen LogP contribution < -0.4 is 11.5 Å². The number of nitrogens with zero attached hydrogens (tertiary/aromatic N) is 2. The molecule has 0 aromatic carbocycles. The first-order valence-electron chi connectivity index (χ1n) is 5.05. The molecule has 0 saturated heterocycles. The third kappa shape index (κ3) is 3.80. The first-order valence-corrected chi connectivity index (χ1v) is 6.24. The number of amides is 1. The summed E-state index contributed by atoms with van der Waals surface area (Å²) >= 11 is 6.74. The van der Waals surface area contributed by atoms with Crippen LogP contribution >= 0.6 is 22.9 Å². The Morgan fingerprint density at radius 1 is 1.63 bits per heavy atom. The average molecular weight is 307 g/mol. The molecule has 5 N–H and O–H groups in total. The van der Waals surface area contributed by atoms with Gasteiger partial charge in [-0.3, -0.25) is 4.79 Å². The second-order valence-electron chi connectivity index (χ2n) is 3.32. The van der Waals surface area contributed by atoms with Crippen LogP contribution in [0.4, 0.5) is 5.13 Å². The van der Waals surface area contributed by atoms with Crippen molar-refractivity contribution in [1.29, 1.82) is 0 Å². The number of carbonyl (C=O) groups excluding carboxylic acids is 1. The van der Waals surface area contributed by atoms with E-state index in [4.69, 9.17) is 33.0 Å². The zero-order chi connectivity index (χ0) is 14.6. The maximum Gasteiger partial charge on any atom is 0.347 e. The maximum absolute atomic E-state index is 11.3. The first kappa shape index (κ1) is 15.2.